The molecule has 0 radical (unpaired) electrons. The zero-order valence-corrected chi connectivity index (χ0v) is 13.3. The summed E-state index contributed by atoms with van der Waals surface area (Å²) in [6.07, 6.45) is 7.89. The lowest BCUT2D eigenvalue weighted by Gasteiger charge is -2.21. The first kappa shape index (κ1) is 17.5. The number of rotatable bonds is 5. The minimum absolute atomic E-state index is 0.0787. The lowest BCUT2D eigenvalue weighted by Crippen LogP contribution is -2.35. The Morgan fingerprint density at radius 3 is 2.39 bits per heavy atom. The Kier molecular flexibility index (Phi) is 6.62. The average molecular weight is 327 g/mol. The summed E-state index contributed by atoms with van der Waals surface area (Å²) in [6, 6.07) is 4.40. The van der Waals surface area contributed by atoms with Gasteiger partial charge in [0.1, 0.15) is 0 Å². The summed E-state index contributed by atoms with van der Waals surface area (Å²) in [7, 11) is 1.35. The van der Waals surface area contributed by atoms with Crippen LogP contribution in [0.15, 0.2) is 18.2 Å². The van der Waals surface area contributed by atoms with Gasteiger partial charge in [0.25, 0.3) is 5.91 Å². The van der Waals surface area contributed by atoms with Gasteiger partial charge in [0.15, 0.2) is 11.5 Å². The Labute approximate surface area is 135 Å². The fourth-order valence-electron chi connectivity index (χ4n) is 2.87. The maximum atomic E-state index is 12.4. The van der Waals surface area contributed by atoms with E-state index in [0.29, 0.717) is 5.56 Å². The van der Waals surface area contributed by atoms with Gasteiger partial charge in [0, 0.05) is 11.6 Å². The minimum Gasteiger partial charge on any atom is -0.493 e. The van der Waals surface area contributed by atoms with E-state index < -0.39 is 6.61 Å². The van der Waals surface area contributed by atoms with Crippen LogP contribution in [0.3, 0.4) is 0 Å². The van der Waals surface area contributed by atoms with Crippen molar-refractivity contribution >= 4 is 5.91 Å². The summed E-state index contributed by atoms with van der Waals surface area (Å²) in [6.45, 7) is -2.93. The number of methoxy groups -OCH3 is 1. The van der Waals surface area contributed by atoms with Gasteiger partial charge < -0.3 is 14.8 Å². The van der Waals surface area contributed by atoms with Gasteiger partial charge in [-0.2, -0.15) is 8.78 Å². The maximum absolute atomic E-state index is 12.4. The number of amides is 1. The number of carbonyl (C=O) groups excluding carboxylic acids is 1. The number of ether oxygens (including phenoxy) is 2. The third kappa shape index (κ3) is 5.37. The average Bonchev–Trinajstić information content (AvgIpc) is 2.49. The van der Waals surface area contributed by atoms with Crippen molar-refractivity contribution in [2.45, 2.75) is 57.6 Å². The molecule has 0 spiro atoms. The molecule has 0 bridgehead atoms. The molecule has 1 fully saturated rings. The molecule has 2 rings (SSSR count). The van der Waals surface area contributed by atoms with E-state index in [1.165, 1.54) is 44.6 Å². The van der Waals surface area contributed by atoms with Crippen LogP contribution in [0.2, 0.25) is 0 Å². The van der Waals surface area contributed by atoms with Crippen LogP contribution in [0.4, 0.5) is 8.78 Å². The highest BCUT2D eigenvalue weighted by atomic mass is 19.3. The number of hydrogen-bond acceptors (Lipinski definition) is 3. The van der Waals surface area contributed by atoms with Crippen molar-refractivity contribution in [1.29, 1.82) is 0 Å². The van der Waals surface area contributed by atoms with Crippen LogP contribution in [-0.2, 0) is 0 Å². The van der Waals surface area contributed by atoms with Gasteiger partial charge in [-0.05, 0) is 31.0 Å². The van der Waals surface area contributed by atoms with Crippen LogP contribution in [0.5, 0.6) is 11.5 Å². The van der Waals surface area contributed by atoms with Crippen LogP contribution in [0, 0.1) is 0 Å². The number of alkyl halides is 2. The highest BCUT2D eigenvalue weighted by Crippen LogP contribution is 2.29. The van der Waals surface area contributed by atoms with Crippen molar-refractivity contribution in [2.75, 3.05) is 7.11 Å². The van der Waals surface area contributed by atoms with Crippen molar-refractivity contribution in [2.24, 2.45) is 0 Å². The molecule has 23 heavy (non-hydrogen) atoms. The molecule has 1 amide bonds. The van der Waals surface area contributed by atoms with Gasteiger partial charge in [0.05, 0.1) is 7.11 Å². The van der Waals surface area contributed by atoms with Gasteiger partial charge in [-0.15, -0.1) is 0 Å². The molecule has 6 heteroatoms. The van der Waals surface area contributed by atoms with E-state index in [1.54, 1.807) is 0 Å². The topological polar surface area (TPSA) is 47.6 Å². The van der Waals surface area contributed by atoms with Crippen LogP contribution in [0.25, 0.3) is 0 Å². The molecule has 0 atom stereocenters. The quantitative estimate of drug-likeness (QED) is 0.884. The number of benzene rings is 1. The molecule has 1 aromatic carbocycles. The highest BCUT2D eigenvalue weighted by Gasteiger charge is 2.17. The molecule has 0 unspecified atom stereocenters. The summed E-state index contributed by atoms with van der Waals surface area (Å²) in [5.41, 5.74) is 0.380. The Balaban J connectivity index is 2.03. The Hall–Kier alpha value is -1.85. The van der Waals surface area contributed by atoms with Gasteiger partial charge in [0.2, 0.25) is 0 Å². The number of nitrogens with one attached hydrogen (secondary N) is 1. The van der Waals surface area contributed by atoms with Crippen molar-refractivity contribution in [3.05, 3.63) is 23.8 Å². The normalized spacial score (nSPS) is 16.5. The lowest BCUT2D eigenvalue weighted by atomic mass is 9.96. The molecule has 4 nitrogen and oxygen atoms in total. The molecular formula is C17H23F2NO3. The second kappa shape index (κ2) is 8.70. The van der Waals surface area contributed by atoms with Gasteiger partial charge in [-0.3, -0.25) is 4.79 Å². The van der Waals surface area contributed by atoms with E-state index in [4.69, 9.17) is 4.74 Å². The molecule has 1 aromatic rings. The number of halogens is 2. The molecule has 0 saturated heterocycles. The minimum atomic E-state index is -2.93. The summed E-state index contributed by atoms with van der Waals surface area (Å²) < 4.78 is 34.0. The summed E-state index contributed by atoms with van der Waals surface area (Å²) in [4.78, 5) is 12.4. The maximum Gasteiger partial charge on any atom is 0.387 e. The standard InChI is InChI=1S/C17H23F2NO3/c1-22-15-11-12(9-10-14(15)23-17(18)19)16(21)20-13-7-5-3-2-4-6-8-13/h9-11,13,17H,2-8H2,1H3,(H,20,21). The molecule has 128 valence electrons. The lowest BCUT2D eigenvalue weighted by molar-refractivity contribution is -0.0512. The molecule has 1 aliphatic rings. The van der Waals surface area contributed by atoms with E-state index in [2.05, 4.69) is 10.1 Å². The van der Waals surface area contributed by atoms with Crippen molar-refractivity contribution in [3.63, 3.8) is 0 Å². The summed E-state index contributed by atoms with van der Waals surface area (Å²) >= 11 is 0. The summed E-state index contributed by atoms with van der Waals surface area (Å²) in [5.74, 6) is -0.168. The molecule has 0 heterocycles. The second-order valence-electron chi connectivity index (χ2n) is 5.76. The smallest absolute Gasteiger partial charge is 0.387 e. The zero-order chi connectivity index (χ0) is 16.7. The van der Waals surface area contributed by atoms with Gasteiger partial charge >= 0.3 is 6.61 Å². The fraction of sp³-hybridized carbons (Fsp3) is 0.588. The zero-order valence-electron chi connectivity index (χ0n) is 13.3. The van der Waals surface area contributed by atoms with E-state index >= 15 is 0 Å². The Morgan fingerprint density at radius 2 is 1.78 bits per heavy atom. The first-order chi connectivity index (χ1) is 11.1. The SMILES string of the molecule is COc1cc(C(=O)NC2CCCCCCC2)ccc1OC(F)F. The van der Waals surface area contributed by atoms with Crippen LogP contribution < -0.4 is 14.8 Å². The van der Waals surface area contributed by atoms with Gasteiger partial charge in [-0.25, -0.2) is 0 Å². The third-order valence-electron chi connectivity index (χ3n) is 4.08. The summed E-state index contributed by atoms with van der Waals surface area (Å²) in [5, 5.41) is 3.03. The Morgan fingerprint density at radius 1 is 1.13 bits per heavy atom. The predicted molar refractivity (Wildman–Crippen MR) is 83.2 cm³/mol. The third-order valence-corrected chi connectivity index (χ3v) is 4.08. The first-order valence-corrected chi connectivity index (χ1v) is 8.04. The molecule has 0 aliphatic heterocycles. The van der Waals surface area contributed by atoms with E-state index in [1.807, 2.05) is 0 Å². The predicted octanol–water partition coefficient (Wildman–Crippen LogP) is 4.14. The van der Waals surface area contributed by atoms with Crippen LogP contribution in [0.1, 0.15) is 55.3 Å². The largest absolute Gasteiger partial charge is 0.493 e. The molecule has 0 aromatic heterocycles. The van der Waals surface area contributed by atoms with Crippen LogP contribution >= 0.6 is 0 Å². The number of hydrogen-bond donors (Lipinski definition) is 1. The second-order valence-corrected chi connectivity index (χ2v) is 5.76. The van der Waals surface area contributed by atoms with Crippen molar-refractivity contribution in [1.82, 2.24) is 5.32 Å². The number of carbonyl (C=O) groups is 1. The molecule has 1 saturated carbocycles. The highest BCUT2D eigenvalue weighted by molar-refractivity contribution is 5.95. The first-order valence-electron chi connectivity index (χ1n) is 8.04. The van der Waals surface area contributed by atoms with Crippen molar-refractivity contribution < 1.29 is 23.0 Å². The van der Waals surface area contributed by atoms with Crippen LogP contribution in [-0.4, -0.2) is 25.7 Å². The van der Waals surface area contributed by atoms with Gasteiger partial charge in [-0.1, -0.05) is 32.1 Å². The fourth-order valence-corrected chi connectivity index (χ4v) is 2.87. The van der Waals surface area contributed by atoms with Crippen molar-refractivity contribution in [3.8, 4) is 11.5 Å². The molecule has 1 N–H and O–H groups in total. The molecule has 1 aliphatic carbocycles. The van der Waals surface area contributed by atoms with E-state index in [9.17, 15) is 13.6 Å². The van der Waals surface area contributed by atoms with E-state index in [-0.39, 0.29) is 23.4 Å². The monoisotopic (exact) mass is 327 g/mol. The molecular weight excluding hydrogens is 304 g/mol. The Bertz CT molecular complexity index is 515. The van der Waals surface area contributed by atoms with E-state index in [0.717, 1.165) is 25.7 Å².